The Kier molecular flexibility index (Phi) is 4.91. The van der Waals surface area contributed by atoms with Gasteiger partial charge in [-0.1, -0.05) is 17.3 Å². The normalized spacial score (nSPS) is 12.2. The Balaban J connectivity index is 1.51. The molecule has 0 saturated carbocycles. The monoisotopic (exact) mass is 402 g/mol. The number of oxime groups is 1. The molecular formula is C19H16F2N4O2S. The molecule has 0 spiro atoms. The third-order valence-electron chi connectivity index (χ3n) is 4.03. The second-order valence-electron chi connectivity index (χ2n) is 6.08. The molecule has 0 aliphatic rings. The second-order valence-corrected chi connectivity index (χ2v) is 6.93. The van der Waals surface area contributed by atoms with Crippen molar-refractivity contribution in [1.29, 1.82) is 0 Å². The largest absolute Gasteiger partial charge is 0.459 e. The van der Waals surface area contributed by atoms with E-state index >= 15 is 0 Å². The van der Waals surface area contributed by atoms with Gasteiger partial charge in [0, 0.05) is 5.38 Å². The number of alkyl halides is 2. The third-order valence-corrected chi connectivity index (χ3v) is 4.94. The number of benzene rings is 1. The number of aryl methyl sites for hydroxylation is 1. The average Bonchev–Trinajstić information content (AvgIpc) is 3.38. The van der Waals surface area contributed by atoms with E-state index in [1.807, 2.05) is 24.4 Å². The Labute approximate surface area is 163 Å². The van der Waals surface area contributed by atoms with Gasteiger partial charge in [0.15, 0.2) is 23.2 Å². The molecule has 9 heteroatoms. The summed E-state index contributed by atoms with van der Waals surface area (Å²) in [4.78, 5) is 14.0. The van der Waals surface area contributed by atoms with Gasteiger partial charge in [-0.2, -0.15) is 8.78 Å². The lowest BCUT2D eigenvalue weighted by Gasteiger charge is -2.07. The molecule has 3 heterocycles. The Morgan fingerprint density at radius 3 is 2.82 bits per heavy atom. The van der Waals surface area contributed by atoms with Crippen LogP contribution in [0.1, 0.15) is 30.8 Å². The zero-order valence-electron chi connectivity index (χ0n) is 15.1. The second kappa shape index (κ2) is 7.51. The maximum absolute atomic E-state index is 13.5. The van der Waals surface area contributed by atoms with Crippen molar-refractivity contribution in [3.8, 4) is 10.8 Å². The van der Waals surface area contributed by atoms with Crippen molar-refractivity contribution >= 4 is 28.1 Å². The molecule has 0 fully saturated rings. The lowest BCUT2D eigenvalue weighted by molar-refractivity contribution is 0.0735. The minimum atomic E-state index is -2.73. The number of imidazole rings is 1. The van der Waals surface area contributed by atoms with Gasteiger partial charge in [0.2, 0.25) is 0 Å². The Morgan fingerprint density at radius 2 is 2.07 bits per heavy atom. The van der Waals surface area contributed by atoms with E-state index in [1.54, 1.807) is 31.2 Å². The predicted octanol–water partition coefficient (Wildman–Crippen LogP) is 5.40. The van der Waals surface area contributed by atoms with E-state index in [1.165, 1.54) is 11.3 Å². The fourth-order valence-corrected chi connectivity index (χ4v) is 3.53. The molecule has 1 aromatic carbocycles. The molecule has 3 aromatic heterocycles. The van der Waals surface area contributed by atoms with Gasteiger partial charge in [-0.05, 0) is 38.1 Å². The molecule has 4 rings (SSSR count). The Morgan fingerprint density at radius 1 is 1.25 bits per heavy atom. The van der Waals surface area contributed by atoms with Crippen molar-refractivity contribution in [1.82, 2.24) is 14.5 Å². The summed E-state index contributed by atoms with van der Waals surface area (Å²) in [5.41, 5.74) is 1.76. The number of hydrogen-bond acceptors (Lipinski definition) is 6. The van der Waals surface area contributed by atoms with Crippen LogP contribution in [0, 0.1) is 6.92 Å². The number of hydrogen-bond donors (Lipinski definition) is 0. The number of halogens is 2. The fourth-order valence-electron chi connectivity index (χ4n) is 2.77. The lowest BCUT2D eigenvalue weighted by atomic mass is 10.3. The van der Waals surface area contributed by atoms with E-state index in [4.69, 9.17) is 9.25 Å². The van der Waals surface area contributed by atoms with Gasteiger partial charge in [-0.15, -0.1) is 11.3 Å². The van der Waals surface area contributed by atoms with E-state index in [9.17, 15) is 8.78 Å². The quantitative estimate of drug-likeness (QED) is 0.320. The van der Waals surface area contributed by atoms with Crippen LogP contribution in [0.5, 0.6) is 0 Å². The van der Waals surface area contributed by atoms with Gasteiger partial charge >= 0.3 is 6.55 Å². The first kappa shape index (κ1) is 18.3. The topological polar surface area (TPSA) is 65.4 Å². The van der Waals surface area contributed by atoms with Crippen LogP contribution in [0.4, 0.5) is 8.78 Å². The van der Waals surface area contributed by atoms with Crippen molar-refractivity contribution < 1.29 is 18.0 Å². The summed E-state index contributed by atoms with van der Waals surface area (Å²) in [5, 5.41) is 6.54. The summed E-state index contributed by atoms with van der Waals surface area (Å²) in [6.07, 6.45) is 0. The van der Waals surface area contributed by atoms with Crippen molar-refractivity contribution in [2.45, 2.75) is 27.0 Å². The Bertz CT molecular complexity index is 1150. The maximum atomic E-state index is 13.5. The van der Waals surface area contributed by atoms with Crippen LogP contribution >= 0.6 is 11.3 Å². The molecule has 0 amide bonds. The molecule has 6 nitrogen and oxygen atoms in total. The molecule has 0 saturated heterocycles. The van der Waals surface area contributed by atoms with Crippen molar-refractivity contribution in [3.63, 3.8) is 0 Å². The first-order valence-corrected chi connectivity index (χ1v) is 9.34. The van der Waals surface area contributed by atoms with E-state index in [0.29, 0.717) is 22.5 Å². The summed E-state index contributed by atoms with van der Waals surface area (Å²) in [6, 6.07) is 10.4. The summed E-state index contributed by atoms with van der Waals surface area (Å²) in [7, 11) is 0. The van der Waals surface area contributed by atoms with Crippen LogP contribution in [0.15, 0.2) is 51.4 Å². The summed E-state index contributed by atoms with van der Waals surface area (Å²) in [5.74, 6) is 1.57. The van der Waals surface area contributed by atoms with Crippen LogP contribution < -0.4 is 0 Å². The molecule has 0 radical (unpaired) electrons. The molecule has 144 valence electrons. The van der Waals surface area contributed by atoms with Crippen LogP contribution in [0.2, 0.25) is 0 Å². The molecule has 0 N–H and O–H groups in total. The highest BCUT2D eigenvalue weighted by Gasteiger charge is 2.19. The third kappa shape index (κ3) is 3.53. The number of rotatable bonds is 6. The number of aromatic nitrogens is 3. The summed E-state index contributed by atoms with van der Waals surface area (Å²) < 4.78 is 33.4. The Hall–Kier alpha value is -3.07. The van der Waals surface area contributed by atoms with Gasteiger partial charge in [-0.3, -0.25) is 4.57 Å². The van der Waals surface area contributed by atoms with E-state index in [2.05, 4.69) is 15.1 Å². The SMILES string of the molecule is C/C(=N\OCc1csc(-c2ccc(C)o2)n1)c1nc2ccccc2n1C(F)F. The smallest absolute Gasteiger partial charge is 0.320 e. The van der Waals surface area contributed by atoms with Gasteiger partial charge in [0.25, 0.3) is 0 Å². The van der Waals surface area contributed by atoms with Crippen LogP contribution in [-0.4, -0.2) is 20.2 Å². The van der Waals surface area contributed by atoms with Gasteiger partial charge < -0.3 is 9.25 Å². The highest BCUT2D eigenvalue weighted by atomic mass is 32.1. The van der Waals surface area contributed by atoms with E-state index in [-0.39, 0.29) is 18.1 Å². The number of thiazole rings is 1. The highest BCUT2D eigenvalue weighted by Crippen LogP contribution is 2.26. The molecule has 0 aliphatic carbocycles. The van der Waals surface area contributed by atoms with Crippen LogP contribution in [0.3, 0.4) is 0 Å². The number of furan rings is 1. The fraction of sp³-hybridized carbons (Fsp3) is 0.211. The summed E-state index contributed by atoms with van der Waals surface area (Å²) in [6.45, 7) is 0.830. The molecule has 0 bridgehead atoms. The minimum Gasteiger partial charge on any atom is -0.459 e. The number of para-hydroxylation sites is 2. The first-order valence-electron chi connectivity index (χ1n) is 8.46. The van der Waals surface area contributed by atoms with Gasteiger partial charge in [0.05, 0.1) is 16.7 Å². The molecule has 28 heavy (non-hydrogen) atoms. The number of nitrogens with zero attached hydrogens (tertiary/aromatic N) is 4. The zero-order valence-corrected chi connectivity index (χ0v) is 15.9. The van der Waals surface area contributed by atoms with E-state index in [0.717, 1.165) is 15.3 Å². The van der Waals surface area contributed by atoms with Crippen LogP contribution in [0.25, 0.3) is 21.8 Å². The lowest BCUT2D eigenvalue weighted by Crippen LogP contribution is -2.10. The van der Waals surface area contributed by atoms with Gasteiger partial charge in [-0.25, -0.2) is 9.97 Å². The predicted molar refractivity (Wildman–Crippen MR) is 103 cm³/mol. The van der Waals surface area contributed by atoms with Crippen molar-refractivity contribution in [2.24, 2.45) is 5.16 Å². The molecule has 0 aliphatic heterocycles. The van der Waals surface area contributed by atoms with Crippen molar-refractivity contribution in [2.75, 3.05) is 0 Å². The number of fused-ring (bicyclic) bond motifs is 1. The van der Waals surface area contributed by atoms with E-state index < -0.39 is 6.55 Å². The maximum Gasteiger partial charge on any atom is 0.320 e. The average molecular weight is 402 g/mol. The van der Waals surface area contributed by atoms with Crippen molar-refractivity contribution in [3.05, 3.63) is 59.1 Å². The molecular weight excluding hydrogens is 386 g/mol. The molecule has 0 atom stereocenters. The molecule has 0 unspecified atom stereocenters. The first-order chi connectivity index (χ1) is 13.5. The zero-order chi connectivity index (χ0) is 19.7. The standard InChI is InChI=1S/C19H16F2N4O2S/c1-11-7-8-16(27-11)18-22-13(10-28-18)9-26-24-12(2)17-23-14-5-3-4-6-15(14)25(17)19(20)21/h3-8,10,19H,9H2,1-2H3/b24-12+. The minimum absolute atomic E-state index is 0.0706. The highest BCUT2D eigenvalue weighted by molar-refractivity contribution is 7.13. The van der Waals surface area contributed by atoms with Gasteiger partial charge in [0.1, 0.15) is 11.5 Å². The molecule has 4 aromatic rings. The van der Waals surface area contributed by atoms with Crippen LogP contribution in [-0.2, 0) is 11.4 Å². The summed E-state index contributed by atoms with van der Waals surface area (Å²) >= 11 is 1.43.